The lowest BCUT2D eigenvalue weighted by molar-refractivity contribution is 1.18. The van der Waals surface area contributed by atoms with Gasteiger partial charge in [-0.25, -0.2) is 0 Å². The van der Waals surface area contributed by atoms with Crippen molar-refractivity contribution in [3.63, 3.8) is 0 Å². The summed E-state index contributed by atoms with van der Waals surface area (Å²) < 4.78 is 0.268. The molecule has 4 aromatic carbocycles. The lowest BCUT2D eigenvalue weighted by atomic mass is 10.2. The van der Waals surface area contributed by atoms with Crippen molar-refractivity contribution in [2.24, 2.45) is 0 Å². The zero-order chi connectivity index (χ0) is 28.9. The van der Waals surface area contributed by atoms with Crippen molar-refractivity contribution in [1.29, 1.82) is 0 Å². The predicted octanol–water partition coefficient (Wildman–Crippen LogP) is 7.28. The van der Waals surface area contributed by atoms with Crippen molar-refractivity contribution in [3.05, 3.63) is 193 Å². The van der Waals surface area contributed by atoms with Crippen LogP contribution in [0.3, 0.4) is 0 Å². The third kappa shape index (κ3) is 7.51. The van der Waals surface area contributed by atoms with Crippen LogP contribution in [-0.4, -0.2) is 35.2 Å². The first-order valence-corrected chi connectivity index (χ1v) is 23.1. The van der Waals surface area contributed by atoms with Crippen molar-refractivity contribution in [1.82, 2.24) is 0 Å². The molecule has 0 heterocycles. The Kier molecular flexibility index (Phi) is 11.7. The molecule has 0 saturated heterocycles. The number of benzene rings is 4. The molecule has 0 aliphatic heterocycles. The topological polar surface area (TPSA) is 0 Å². The van der Waals surface area contributed by atoms with Crippen molar-refractivity contribution in [2.75, 3.05) is 0 Å². The second-order valence-corrected chi connectivity index (χ2v) is 27.5. The zero-order valence-corrected chi connectivity index (χ0v) is 28.9. The molecule has 0 amide bonds. The monoisotopic (exact) mass is 600 g/mol. The summed E-state index contributed by atoms with van der Waals surface area (Å²) in [7, 11) is -6.42. The van der Waals surface area contributed by atoms with Crippen LogP contribution < -0.4 is 0 Å². The highest BCUT2D eigenvalue weighted by Crippen LogP contribution is 2.45. The first kappa shape index (κ1) is 30.7. The molecule has 4 unspecified atom stereocenters. The highest BCUT2D eigenvalue weighted by Gasteiger charge is 2.54. The SMILES string of the molecule is C=C[SiH](Cc1ccccc1)C([SiH](C=C)Cc1ccccc1)([SiH](C=C)Cc1ccccc1)[SiH](C=C)Cc1ccccc1. The van der Waals surface area contributed by atoms with E-state index in [1.54, 1.807) is 0 Å². The van der Waals surface area contributed by atoms with E-state index in [1.165, 1.54) is 22.3 Å². The minimum atomic E-state index is -1.61. The fraction of sp³-hybridized carbons (Fsp3) is 0.135. The fourth-order valence-corrected chi connectivity index (χ4v) is 36.2. The molecule has 208 valence electrons. The standard InChI is InChI=1S/C37H44Si4/c1-5-38(29-33-21-13-9-14-22-33)37(39(6-2)30-34-23-15-10-16-24-34,40(7-3)31-35-25-17-11-18-26-35)41(8-4)32-36-27-19-12-20-28-36/h5-28,38-41H,1-4,29-32H2. The molecule has 0 spiro atoms. The molecule has 4 heteroatoms. The summed E-state index contributed by atoms with van der Waals surface area (Å²) in [5.74, 6) is 0. The number of hydrogen-bond acceptors (Lipinski definition) is 0. The molecule has 4 aromatic rings. The van der Waals surface area contributed by atoms with Crippen LogP contribution in [0, 0.1) is 0 Å². The van der Waals surface area contributed by atoms with Gasteiger partial charge in [-0.15, -0.1) is 49.1 Å². The van der Waals surface area contributed by atoms with E-state index in [0.29, 0.717) is 0 Å². The largest absolute Gasteiger partial charge is 0.107 e. The summed E-state index contributed by atoms with van der Waals surface area (Å²) in [5.41, 5.74) is 15.6. The van der Waals surface area contributed by atoms with E-state index in [4.69, 9.17) is 0 Å². The normalized spacial score (nSPS) is 15.4. The minimum Gasteiger partial charge on any atom is -0.107 e. The maximum Gasteiger partial charge on any atom is 0.0636 e. The van der Waals surface area contributed by atoms with E-state index < -0.39 is 35.2 Å². The van der Waals surface area contributed by atoms with Crippen LogP contribution in [-0.2, 0) is 24.2 Å². The van der Waals surface area contributed by atoms with Gasteiger partial charge in [0.25, 0.3) is 0 Å². The first-order valence-electron chi connectivity index (χ1n) is 14.8. The van der Waals surface area contributed by atoms with Gasteiger partial charge in [0, 0.05) is 0 Å². The lowest BCUT2D eigenvalue weighted by Crippen LogP contribution is -2.63. The average molecular weight is 601 g/mol. The minimum absolute atomic E-state index is 0.268. The van der Waals surface area contributed by atoms with Gasteiger partial charge in [0.05, 0.1) is 35.2 Å². The van der Waals surface area contributed by atoms with Crippen molar-refractivity contribution in [3.8, 4) is 0 Å². The van der Waals surface area contributed by atoms with Gasteiger partial charge in [-0.1, -0.05) is 144 Å². The molecule has 0 radical (unpaired) electrons. The number of rotatable bonds is 16. The summed E-state index contributed by atoms with van der Waals surface area (Å²) in [6, 6.07) is 49.1. The molecular weight excluding hydrogens is 557 g/mol. The van der Waals surface area contributed by atoms with Gasteiger partial charge < -0.3 is 0 Å². The third-order valence-electron chi connectivity index (χ3n) is 8.90. The van der Waals surface area contributed by atoms with Gasteiger partial charge in [-0.05, 0) is 28.1 Å². The Morgan fingerprint density at radius 1 is 0.366 bits per heavy atom. The molecular formula is C37H44Si4. The Bertz CT molecular complexity index is 1150. The van der Waals surface area contributed by atoms with Gasteiger partial charge >= 0.3 is 0 Å². The third-order valence-corrected chi connectivity index (χ3v) is 35.4. The van der Waals surface area contributed by atoms with E-state index in [-0.39, 0.29) is 3.91 Å². The molecule has 0 aliphatic rings. The van der Waals surface area contributed by atoms with Crippen LogP contribution in [0.5, 0.6) is 0 Å². The van der Waals surface area contributed by atoms with Crippen molar-refractivity contribution in [2.45, 2.75) is 28.1 Å². The van der Waals surface area contributed by atoms with E-state index in [9.17, 15) is 0 Å². The molecule has 0 bridgehead atoms. The van der Waals surface area contributed by atoms with Crippen molar-refractivity contribution < 1.29 is 0 Å². The molecule has 0 aromatic heterocycles. The van der Waals surface area contributed by atoms with Crippen LogP contribution in [0.15, 0.2) is 170 Å². The maximum atomic E-state index is 4.62. The highest BCUT2D eigenvalue weighted by atomic mass is 28.5. The molecule has 0 nitrogen and oxygen atoms in total. The molecule has 0 aliphatic carbocycles. The molecule has 0 fully saturated rings. The van der Waals surface area contributed by atoms with E-state index in [0.717, 1.165) is 24.2 Å². The van der Waals surface area contributed by atoms with Crippen LogP contribution in [0.25, 0.3) is 0 Å². The van der Waals surface area contributed by atoms with Crippen LogP contribution >= 0.6 is 0 Å². The average Bonchev–Trinajstić information content (AvgIpc) is 3.04. The molecule has 0 saturated carbocycles. The highest BCUT2D eigenvalue weighted by molar-refractivity contribution is 7.17. The lowest BCUT2D eigenvalue weighted by Gasteiger charge is -2.52. The van der Waals surface area contributed by atoms with Gasteiger partial charge in [-0.3, -0.25) is 0 Å². The summed E-state index contributed by atoms with van der Waals surface area (Å²) in [6.45, 7) is 18.5. The van der Waals surface area contributed by atoms with Crippen LogP contribution in [0.2, 0.25) is 3.91 Å². The van der Waals surface area contributed by atoms with E-state index in [1.807, 2.05) is 0 Å². The van der Waals surface area contributed by atoms with E-state index >= 15 is 0 Å². The smallest absolute Gasteiger partial charge is 0.0636 e. The predicted molar refractivity (Wildman–Crippen MR) is 193 cm³/mol. The van der Waals surface area contributed by atoms with Gasteiger partial charge in [-0.2, -0.15) is 0 Å². The number of hydrogen-bond donors (Lipinski definition) is 0. The van der Waals surface area contributed by atoms with E-state index in [2.05, 4.69) is 170 Å². The van der Waals surface area contributed by atoms with Gasteiger partial charge in [0.15, 0.2) is 0 Å². The Morgan fingerprint density at radius 3 is 0.732 bits per heavy atom. The van der Waals surface area contributed by atoms with Gasteiger partial charge in [0.1, 0.15) is 0 Å². The molecule has 41 heavy (non-hydrogen) atoms. The summed E-state index contributed by atoms with van der Waals surface area (Å²) in [6.07, 6.45) is 0. The molecule has 4 rings (SSSR count). The van der Waals surface area contributed by atoms with Crippen LogP contribution in [0.4, 0.5) is 0 Å². The summed E-state index contributed by atoms with van der Waals surface area (Å²) >= 11 is 0. The molecule has 4 atom stereocenters. The Balaban J connectivity index is 1.96. The van der Waals surface area contributed by atoms with Crippen molar-refractivity contribution >= 4 is 35.2 Å². The Morgan fingerprint density at radius 2 is 0.561 bits per heavy atom. The second kappa shape index (κ2) is 15.6. The quantitative estimate of drug-likeness (QED) is 0.119. The fourth-order valence-electron chi connectivity index (χ4n) is 6.98. The molecule has 0 N–H and O–H groups in total. The Labute approximate surface area is 254 Å². The maximum absolute atomic E-state index is 4.62. The van der Waals surface area contributed by atoms with Gasteiger partial charge in [0.2, 0.25) is 0 Å². The second-order valence-electron chi connectivity index (χ2n) is 11.1. The summed E-state index contributed by atoms with van der Waals surface area (Å²) in [5, 5.41) is 0. The van der Waals surface area contributed by atoms with Crippen LogP contribution in [0.1, 0.15) is 22.3 Å². The Hall–Kier alpha value is -3.29. The first-order chi connectivity index (χ1) is 20.1. The zero-order valence-electron chi connectivity index (χ0n) is 24.3. The summed E-state index contributed by atoms with van der Waals surface area (Å²) in [4.78, 5) is 0.